The molecule has 1 aliphatic heterocycles. The summed E-state index contributed by atoms with van der Waals surface area (Å²) in [6, 6.07) is 5.79. The lowest BCUT2D eigenvalue weighted by Crippen LogP contribution is -2.41. The number of ether oxygens (including phenoxy) is 1. The van der Waals surface area contributed by atoms with Crippen molar-refractivity contribution in [3.8, 4) is 5.75 Å². The van der Waals surface area contributed by atoms with Crippen LogP contribution in [0.25, 0.3) is 0 Å². The van der Waals surface area contributed by atoms with Crippen LogP contribution >= 0.6 is 0 Å². The van der Waals surface area contributed by atoms with Crippen molar-refractivity contribution in [3.63, 3.8) is 0 Å². The molecule has 2 aliphatic rings. The lowest BCUT2D eigenvalue weighted by atomic mass is 9.87. The van der Waals surface area contributed by atoms with E-state index in [-0.39, 0.29) is 12.1 Å². The zero-order valence-corrected chi connectivity index (χ0v) is 13.2. The van der Waals surface area contributed by atoms with Gasteiger partial charge in [0.05, 0.1) is 19.1 Å². The number of carbonyl (C=O) groups excluding carboxylic acids is 1. The molecule has 1 saturated heterocycles. The first-order valence-corrected chi connectivity index (χ1v) is 8.03. The number of carboxylic acids is 1. The summed E-state index contributed by atoms with van der Waals surface area (Å²) >= 11 is 0. The van der Waals surface area contributed by atoms with Gasteiger partial charge < -0.3 is 20.1 Å². The number of methoxy groups -OCH3 is 1. The number of rotatable bonds is 3. The number of carbonyl (C=O) groups is 2. The number of likely N-dealkylation sites (tertiary alicyclic amines) is 1. The summed E-state index contributed by atoms with van der Waals surface area (Å²) in [5.41, 5.74) is 2.35. The Morgan fingerprint density at radius 1 is 1.35 bits per heavy atom. The number of urea groups is 1. The van der Waals surface area contributed by atoms with E-state index in [4.69, 9.17) is 9.84 Å². The van der Waals surface area contributed by atoms with Gasteiger partial charge in [-0.15, -0.1) is 0 Å². The highest BCUT2D eigenvalue weighted by atomic mass is 16.5. The smallest absolute Gasteiger partial charge is 0.317 e. The van der Waals surface area contributed by atoms with Crippen LogP contribution < -0.4 is 10.1 Å². The van der Waals surface area contributed by atoms with Crippen LogP contribution in [-0.4, -0.2) is 42.2 Å². The first-order chi connectivity index (χ1) is 11.1. The van der Waals surface area contributed by atoms with Crippen molar-refractivity contribution in [2.75, 3.05) is 20.2 Å². The minimum atomic E-state index is -0.824. The first-order valence-electron chi connectivity index (χ1n) is 8.03. The molecular weight excluding hydrogens is 296 g/mol. The van der Waals surface area contributed by atoms with Crippen molar-refractivity contribution < 1.29 is 19.4 Å². The number of aryl methyl sites for hydroxylation is 1. The average molecular weight is 318 g/mol. The third-order valence-corrected chi connectivity index (χ3v) is 4.79. The summed E-state index contributed by atoms with van der Waals surface area (Å²) in [6.07, 6.45) is 3.44. The van der Waals surface area contributed by atoms with Crippen LogP contribution in [0.3, 0.4) is 0 Å². The predicted molar refractivity (Wildman–Crippen MR) is 84.5 cm³/mol. The lowest BCUT2D eigenvalue weighted by molar-refractivity contribution is -0.141. The van der Waals surface area contributed by atoms with Crippen LogP contribution in [0, 0.1) is 5.92 Å². The Morgan fingerprint density at radius 2 is 2.17 bits per heavy atom. The number of nitrogens with one attached hydrogen (secondary N) is 1. The van der Waals surface area contributed by atoms with Crippen molar-refractivity contribution in [1.29, 1.82) is 0 Å². The maximum atomic E-state index is 12.4. The molecule has 3 rings (SSSR count). The third kappa shape index (κ3) is 3.25. The molecule has 0 saturated carbocycles. The highest BCUT2D eigenvalue weighted by Crippen LogP contribution is 2.32. The van der Waals surface area contributed by atoms with Gasteiger partial charge in [0.1, 0.15) is 5.75 Å². The molecule has 0 bridgehead atoms. The van der Waals surface area contributed by atoms with Crippen LogP contribution in [0.1, 0.15) is 36.4 Å². The second kappa shape index (κ2) is 6.48. The molecule has 6 nitrogen and oxygen atoms in total. The fourth-order valence-corrected chi connectivity index (χ4v) is 3.45. The fourth-order valence-electron chi connectivity index (χ4n) is 3.45. The monoisotopic (exact) mass is 318 g/mol. The van der Waals surface area contributed by atoms with E-state index in [2.05, 4.69) is 5.32 Å². The average Bonchev–Trinajstić information content (AvgIpc) is 3.05. The molecule has 1 heterocycles. The second-order valence-corrected chi connectivity index (χ2v) is 6.23. The van der Waals surface area contributed by atoms with Crippen molar-refractivity contribution in [1.82, 2.24) is 10.2 Å². The quantitative estimate of drug-likeness (QED) is 0.895. The first kappa shape index (κ1) is 15.6. The van der Waals surface area contributed by atoms with E-state index in [1.165, 1.54) is 5.56 Å². The fraction of sp³-hybridized carbons (Fsp3) is 0.529. The highest BCUT2D eigenvalue weighted by molar-refractivity contribution is 5.77. The standard InChI is InChI=1S/C17H22N2O4/c1-23-13-5-6-14-11(9-13)3-2-4-15(14)18-17(22)19-8-7-12(10-19)16(20)21/h5-6,9,12,15H,2-4,7-8,10H2,1H3,(H,18,22)(H,20,21). The Kier molecular flexibility index (Phi) is 4.41. The van der Waals surface area contributed by atoms with Gasteiger partial charge in [0.2, 0.25) is 0 Å². The Labute approximate surface area is 135 Å². The van der Waals surface area contributed by atoms with E-state index >= 15 is 0 Å². The van der Waals surface area contributed by atoms with Crippen molar-refractivity contribution >= 4 is 12.0 Å². The summed E-state index contributed by atoms with van der Waals surface area (Å²) in [7, 11) is 1.65. The Morgan fingerprint density at radius 3 is 2.87 bits per heavy atom. The van der Waals surface area contributed by atoms with Gasteiger partial charge in [-0.3, -0.25) is 4.79 Å². The van der Waals surface area contributed by atoms with E-state index in [9.17, 15) is 9.59 Å². The molecule has 0 radical (unpaired) electrons. The summed E-state index contributed by atoms with van der Waals surface area (Å²) in [5.74, 6) is -0.432. The van der Waals surface area contributed by atoms with E-state index in [0.29, 0.717) is 19.5 Å². The number of fused-ring (bicyclic) bond motifs is 1. The van der Waals surface area contributed by atoms with Gasteiger partial charge in [0, 0.05) is 13.1 Å². The largest absolute Gasteiger partial charge is 0.497 e. The minimum Gasteiger partial charge on any atom is -0.497 e. The van der Waals surface area contributed by atoms with Gasteiger partial charge in [0.15, 0.2) is 0 Å². The number of nitrogens with zero attached hydrogens (tertiary/aromatic N) is 1. The number of carboxylic acid groups (broad SMARTS) is 1. The van der Waals surface area contributed by atoms with Gasteiger partial charge in [-0.1, -0.05) is 6.07 Å². The summed E-state index contributed by atoms with van der Waals surface area (Å²) in [5, 5.41) is 12.1. The molecule has 6 heteroatoms. The van der Waals surface area contributed by atoms with Crippen LogP contribution in [0.5, 0.6) is 5.75 Å². The third-order valence-electron chi connectivity index (χ3n) is 4.79. The summed E-state index contributed by atoms with van der Waals surface area (Å²) in [6.45, 7) is 0.800. The number of hydrogen-bond acceptors (Lipinski definition) is 3. The molecular formula is C17H22N2O4. The molecule has 2 atom stereocenters. The molecule has 1 aromatic rings. The Bertz CT molecular complexity index is 617. The zero-order chi connectivity index (χ0) is 16.4. The number of amides is 2. The molecule has 124 valence electrons. The van der Waals surface area contributed by atoms with Crippen LogP contribution in [0.4, 0.5) is 4.79 Å². The molecule has 23 heavy (non-hydrogen) atoms. The molecule has 1 aliphatic carbocycles. The van der Waals surface area contributed by atoms with Gasteiger partial charge in [0.25, 0.3) is 0 Å². The molecule has 1 fully saturated rings. The van der Waals surface area contributed by atoms with Gasteiger partial charge in [-0.2, -0.15) is 0 Å². The van der Waals surface area contributed by atoms with Crippen LogP contribution in [-0.2, 0) is 11.2 Å². The van der Waals surface area contributed by atoms with Crippen LogP contribution in [0.2, 0.25) is 0 Å². The highest BCUT2D eigenvalue weighted by Gasteiger charge is 2.32. The second-order valence-electron chi connectivity index (χ2n) is 6.23. The molecule has 1 aromatic carbocycles. The van der Waals surface area contributed by atoms with E-state index in [1.54, 1.807) is 12.0 Å². The summed E-state index contributed by atoms with van der Waals surface area (Å²) in [4.78, 5) is 25.0. The minimum absolute atomic E-state index is 0.0129. The van der Waals surface area contributed by atoms with Gasteiger partial charge in [-0.05, 0) is 48.9 Å². The molecule has 0 aromatic heterocycles. The van der Waals surface area contributed by atoms with Crippen molar-refractivity contribution in [3.05, 3.63) is 29.3 Å². The topological polar surface area (TPSA) is 78.9 Å². The van der Waals surface area contributed by atoms with Crippen LogP contribution in [0.15, 0.2) is 18.2 Å². The van der Waals surface area contributed by atoms with Crippen molar-refractivity contribution in [2.45, 2.75) is 31.7 Å². The predicted octanol–water partition coefficient (Wildman–Crippen LogP) is 2.19. The normalized spacial score (nSPS) is 23.3. The van der Waals surface area contributed by atoms with Gasteiger partial charge in [-0.25, -0.2) is 4.79 Å². The number of hydrogen-bond donors (Lipinski definition) is 2. The molecule has 0 spiro atoms. The number of aliphatic carboxylic acids is 1. The molecule has 2 amide bonds. The maximum absolute atomic E-state index is 12.4. The Hall–Kier alpha value is -2.24. The molecule has 2 N–H and O–H groups in total. The Balaban J connectivity index is 1.68. The lowest BCUT2D eigenvalue weighted by Gasteiger charge is -2.28. The van der Waals surface area contributed by atoms with E-state index < -0.39 is 11.9 Å². The molecule has 2 unspecified atom stereocenters. The van der Waals surface area contributed by atoms with Crippen molar-refractivity contribution in [2.24, 2.45) is 5.92 Å². The SMILES string of the molecule is COc1ccc2c(c1)CCCC2NC(=O)N1CCC(C(=O)O)C1. The zero-order valence-electron chi connectivity index (χ0n) is 13.2. The van der Waals surface area contributed by atoms with Gasteiger partial charge >= 0.3 is 12.0 Å². The number of benzene rings is 1. The summed E-state index contributed by atoms with van der Waals surface area (Å²) < 4.78 is 5.26. The van der Waals surface area contributed by atoms with E-state index in [1.807, 2.05) is 18.2 Å². The maximum Gasteiger partial charge on any atom is 0.317 e. The van der Waals surface area contributed by atoms with E-state index in [0.717, 1.165) is 30.6 Å².